The smallest absolute Gasteiger partial charge is 0.254 e. The molecule has 108 valence electrons. The fourth-order valence-corrected chi connectivity index (χ4v) is 3.03. The van der Waals surface area contributed by atoms with E-state index in [0.29, 0.717) is 23.7 Å². The van der Waals surface area contributed by atoms with Gasteiger partial charge in [-0.1, -0.05) is 18.2 Å². The number of rotatable bonds is 3. The van der Waals surface area contributed by atoms with Gasteiger partial charge in [0.25, 0.3) is 5.91 Å². The molecule has 0 spiro atoms. The van der Waals surface area contributed by atoms with Crippen molar-refractivity contribution in [1.82, 2.24) is 9.88 Å². The number of carbonyl (C=O) groups excluding carboxylic acids is 2. The Bertz CT molecular complexity index is 628. The summed E-state index contributed by atoms with van der Waals surface area (Å²) in [6.45, 7) is 0.615. The van der Waals surface area contributed by atoms with Crippen molar-refractivity contribution in [2.75, 3.05) is 11.9 Å². The van der Waals surface area contributed by atoms with Crippen molar-refractivity contribution in [3.05, 3.63) is 47.5 Å². The molecule has 2 heterocycles. The van der Waals surface area contributed by atoms with E-state index >= 15 is 0 Å². The molecule has 21 heavy (non-hydrogen) atoms. The third-order valence-electron chi connectivity index (χ3n) is 3.50. The summed E-state index contributed by atoms with van der Waals surface area (Å²) >= 11 is 1.37. The van der Waals surface area contributed by atoms with Crippen molar-refractivity contribution in [2.24, 2.45) is 0 Å². The maximum Gasteiger partial charge on any atom is 0.254 e. The predicted octanol–water partition coefficient (Wildman–Crippen LogP) is 2.39. The molecule has 3 rings (SSSR count). The van der Waals surface area contributed by atoms with Crippen molar-refractivity contribution in [1.29, 1.82) is 0 Å². The van der Waals surface area contributed by atoms with Gasteiger partial charge in [-0.15, -0.1) is 11.3 Å². The molecular formula is C15H15N3O2S. The normalized spacial score (nSPS) is 17.7. The number of amides is 2. The molecule has 1 aromatic carbocycles. The van der Waals surface area contributed by atoms with Gasteiger partial charge in [-0.2, -0.15) is 0 Å². The molecule has 1 atom stereocenters. The summed E-state index contributed by atoms with van der Waals surface area (Å²) in [5.74, 6) is -0.251. The van der Waals surface area contributed by atoms with E-state index in [1.54, 1.807) is 28.6 Å². The standard InChI is InChI=1S/C15H15N3O2S/c19-13(17-15-16-8-10-21-15)12-7-4-9-18(12)14(20)11-5-2-1-3-6-11/h1-3,5-6,8,10,12H,4,7,9H2,(H,16,17,19). The highest BCUT2D eigenvalue weighted by Gasteiger charge is 2.34. The summed E-state index contributed by atoms with van der Waals surface area (Å²) in [5, 5.41) is 5.15. The van der Waals surface area contributed by atoms with Crippen molar-refractivity contribution >= 4 is 28.3 Å². The van der Waals surface area contributed by atoms with Crippen LogP contribution in [0.2, 0.25) is 0 Å². The van der Waals surface area contributed by atoms with E-state index in [4.69, 9.17) is 0 Å². The Morgan fingerprint density at radius 2 is 2.10 bits per heavy atom. The molecule has 1 aliphatic heterocycles. The van der Waals surface area contributed by atoms with Crippen LogP contribution in [0.1, 0.15) is 23.2 Å². The van der Waals surface area contributed by atoms with E-state index in [1.165, 1.54) is 11.3 Å². The summed E-state index contributed by atoms with van der Waals surface area (Å²) in [6, 6.07) is 8.66. The van der Waals surface area contributed by atoms with Crippen molar-refractivity contribution in [2.45, 2.75) is 18.9 Å². The van der Waals surface area contributed by atoms with Crippen LogP contribution in [-0.2, 0) is 4.79 Å². The topological polar surface area (TPSA) is 62.3 Å². The molecule has 0 aliphatic carbocycles. The largest absolute Gasteiger partial charge is 0.327 e. The third kappa shape index (κ3) is 2.95. The number of likely N-dealkylation sites (tertiary alicyclic amines) is 1. The molecule has 2 amide bonds. The highest BCUT2D eigenvalue weighted by Crippen LogP contribution is 2.22. The minimum atomic E-state index is -0.415. The van der Waals surface area contributed by atoms with Gasteiger partial charge >= 0.3 is 0 Å². The summed E-state index contributed by atoms with van der Waals surface area (Å²) in [5.41, 5.74) is 0.617. The van der Waals surface area contributed by atoms with E-state index in [0.717, 1.165) is 6.42 Å². The summed E-state index contributed by atoms with van der Waals surface area (Å²) < 4.78 is 0. The summed E-state index contributed by atoms with van der Waals surface area (Å²) in [4.78, 5) is 30.5. The van der Waals surface area contributed by atoms with E-state index < -0.39 is 6.04 Å². The second kappa shape index (κ2) is 6.05. The molecule has 1 aromatic heterocycles. The molecule has 0 saturated carbocycles. The fourth-order valence-electron chi connectivity index (χ4n) is 2.50. The first-order valence-electron chi connectivity index (χ1n) is 6.82. The maximum atomic E-state index is 12.5. The minimum Gasteiger partial charge on any atom is -0.327 e. The van der Waals surface area contributed by atoms with Gasteiger partial charge in [-0.3, -0.25) is 9.59 Å². The number of hydrogen-bond donors (Lipinski definition) is 1. The summed E-state index contributed by atoms with van der Waals surface area (Å²) in [7, 11) is 0. The number of carbonyl (C=O) groups is 2. The lowest BCUT2D eigenvalue weighted by Gasteiger charge is -2.23. The average Bonchev–Trinajstić information content (AvgIpc) is 3.18. The van der Waals surface area contributed by atoms with Gasteiger partial charge in [0.1, 0.15) is 6.04 Å². The first-order chi connectivity index (χ1) is 10.3. The lowest BCUT2D eigenvalue weighted by Crippen LogP contribution is -2.43. The SMILES string of the molecule is O=C(Nc1nccs1)C1CCCN1C(=O)c1ccccc1. The number of thiazole rings is 1. The van der Waals surface area contributed by atoms with Crippen molar-refractivity contribution < 1.29 is 9.59 Å². The lowest BCUT2D eigenvalue weighted by atomic mass is 10.1. The number of nitrogens with zero attached hydrogens (tertiary/aromatic N) is 2. The zero-order valence-electron chi connectivity index (χ0n) is 11.4. The average molecular weight is 301 g/mol. The second-order valence-electron chi connectivity index (χ2n) is 4.85. The van der Waals surface area contributed by atoms with Gasteiger partial charge in [-0.05, 0) is 25.0 Å². The first-order valence-corrected chi connectivity index (χ1v) is 7.70. The highest BCUT2D eigenvalue weighted by molar-refractivity contribution is 7.13. The predicted molar refractivity (Wildman–Crippen MR) is 81.2 cm³/mol. The lowest BCUT2D eigenvalue weighted by molar-refractivity contribution is -0.119. The molecule has 2 aromatic rings. The Hall–Kier alpha value is -2.21. The zero-order chi connectivity index (χ0) is 14.7. The van der Waals surface area contributed by atoms with Gasteiger partial charge in [0, 0.05) is 23.7 Å². The molecule has 5 nitrogen and oxygen atoms in total. The Morgan fingerprint density at radius 1 is 1.29 bits per heavy atom. The van der Waals surface area contributed by atoms with E-state index in [9.17, 15) is 9.59 Å². The minimum absolute atomic E-state index is 0.0904. The molecule has 6 heteroatoms. The van der Waals surface area contributed by atoms with Crippen LogP contribution in [0.5, 0.6) is 0 Å². The molecule has 1 aliphatic rings. The van der Waals surface area contributed by atoms with Crippen LogP contribution in [0, 0.1) is 0 Å². The Balaban J connectivity index is 1.73. The van der Waals surface area contributed by atoms with Crippen LogP contribution in [0.3, 0.4) is 0 Å². The van der Waals surface area contributed by atoms with Crippen LogP contribution < -0.4 is 5.32 Å². The fraction of sp³-hybridized carbons (Fsp3) is 0.267. The number of aromatic nitrogens is 1. The highest BCUT2D eigenvalue weighted by atomic mass is 32.1. The number of nitrogens with one attached hydrogen (secondary N) is 1. The maximum absolute atomic E-state index is 12.5. The van der Waals surface area contributed by atoms with Gasteiger partial charge < -0.3 is 10.2 Å². The van der Waals surface area contributed by atoms with Crippen molar-refractivity contribution in [3.8, 4) is 0 Å². The molecule has 1 saturated heterocycles. The van der Waals surface area contributed by atoms with E-state index in [2.05, 4.69) is 10.3 Å². The van der Waals surface area contributed by atoms with Crippen LogP contribution in [0.4, 0.5) is 5.13 Å². The van der Waals surface area contributed by atoms with Gasteiger partial charge in [-0.25, -0.2) is 4.98 Å². The van der Waals surface area contributed by atoms with Gasteiger partial charge in [0.2, 0.25) is 5.91 Å². The quantitative estimate of drug-likeness (QED) is 0.947. The van der Waals surface area contributed by atoms with Crippen LogP contribution >= 0.6 is 11.3 Å². The van der Waals surface area contributed by atoms with E-state index in [-0.39, 0.29) is 11.8 Å². The van der Waals surface area contributed by atoms with Crippen LogP contribution in [0.25, 0.3) is 0 Å². The molecular weight excluding hydrogens is 286 g/mol. The summed E-state index contributed by atoms with van der Waals surface area (Å²) in [6.07, 6.45) is 3.17. The van der Waals surface area contributed by atoms with Crippen molar-refractivity contribution in [3.63, 3.8) is 0 Å². The molecule has 0 bridgehead atoms. The monoisotopic (exact) mass is 301 g/mol. The Kier molecular flexibility index (Phi) is 3.96. The first kappa shape index (κ1) is 13.8. The Morgan fingerprint density at radius 3 is 2.81 bits per heavy atom. The van der Waals surface area contributed by atoms with Gasteiger partial charge in [0.15, 0.2) is 5.13 Å². The molecule has 1 unspecified atom stereocenters. The Labute approximate surface area is 126 Å². The van der Waals surface area contributed by atoms with Gasteiger partial charge in [0.05, 0.1) is 0 Å². The van der Waals surface area contributed by atoms with Crippen LogP contribution in [-0.4, -0.2) is 34.3 Å². The zero-order valence-corrected chi connectivity index (χ0v) is 12.2. The third-order valence-corrected chi connectivity index (χ3v) is 4.19. The molecule has 1 N–H and O–H groups in total. The number of anilines is 1. The molecule has 0 radical (unpaired) electrons. The molecule has 1 fully saturated rings. The van der Waals surface area contributed by atoms with E-state index in [1.807, 2.05) is 18.2 Å². The number of hydrogen-bond acceptors (Lipinski definition) is 4. The van der Waals surface area contributed by atoms with Crippen LogP contribution in [0.15, 0.2) is 41.9 Å². The number of benzene rings is 1. The second-order valence-corrected chi connectivity index (χ2v) is 5.74.